The zero-order chi connectivity index (χ0) is 15.4. The number of ether oxygens (including phenoxy) is 2. The molecule has 2 N–H and O–H groups in total. The SMILES string of the molecule is COc1cc(NC(=O)c2ccno2)c(C(=O)O)cc1OC. The molecule has 21 heavy (non-hydrogen) atoms. The van der Waals surface area contributed by atoms with Crippen molar-refractivity contribution in [2.75, 3.05) is 19.5 Å². The van der Waals surface area contributed by atoms with E-state index in [9.17, 15) is 14.7 Å². The zero-order valence-electron chi connectivity index (χ0n) is 11.2. The fraction of sp³-hybridized carbons (Fsp3) is 0.154. The topological polar surface area (TPSA) is 111 Å². The van der Waals surface area contributed by atoms with Gasteiger partial charge in [-0.1, -0.05) is 5.16 Å². The minimum absolute atomic E-state index is 0.0406. The molecule has 1 amide bonds. The van der Waals surface area contributed by atoms with E-state index in [-0.39, 0.29) is 28.5 Å². The van der Waals surface area contributed by atoms with Crippen LogP contribution in [0.25, 0.3) is 0 Å². The van der Waals surface area contributed by atoms with Crippen LogP contribution in [0.1, 0.15) is 20.9 Å². The number of rotatable bonds is 5. The number of hydrogen-bond acceptors (Lipinski definition) is 6. The number of nitrogens with one attached hydrogen (secondary N) is 1. The smallest absolute Gasteiger partial charge is 0.337 e. The van der Waals surface area contributed by atoms with E-state index in [1.165, 1.54) is 38.6 Å². The molecule has 0 saturated heterocycles. The number of aromatic carboxylic acids is 1. The minimum atomic E-state index is -1.22. The highest BCUT2D eigenvalue weighted by molar-refractivity contribution is 6.06. The first-order valence-electron chi connectivity index (χ1n) is 5.78. The number of carboxylic acids is 1. The molecule has 0 aliphatic heterocycles. The second kappa shape index (κ2) is 5.95. The molecule has 0 atom stereocenters. The second-order valence-electron chi connectivity index (χ2n) is 3.89. The van der Waals surface area contributed by atoms with Gasteiger partial charge >= 0.3 is 5.97 Å². The van der Waals surface area contributed by atoms with Crippen molar-refractivity contribution in [3.63, 3.8) is 0 Å². The molecule has 0 fully saturated rings. The van der Waals surface area contributed by atoms with Gasteiger partial charge in [0, 0.05) is 18.2 Å². The lowest BCUT2D eigenvalue weighted by atomic mass is 10.1. The first-order valence-corrected chi connectivity index (χ1v) is 5.78. The van der Waals surface area contributed by atoms with E-state index in [4.69, 9.17) is 14.0 Å². The highest BCUT2D eigenvalue weighted by Gasteiger charge is 2.19. The van der Waals surface area contributed by atoms with Crippen molar-refractivity contribution < 1.29 is 28.7 Å². The Hall–Kier alpha value is -3.03. The molecule has 0 aliphatic rings. The molecule has 110 valence electrons. The van der Waals surface area contributed by atoms with Crippen molar-refractivity contribution in [2.45, 2.75) is 0 Å². The first kappa shape index (κ1) is 14.4. The largest absolute Gasteiger partial charge is 0.493 e. The van der Waals surface area contributed by atoms with Crippen LogP contribution >= 0.6 is 0 Å². The predicted octanol–water partition coefficient (Wildman–Crippen LogP) is 1.64. The second-order valence-corrected chi connectivity index (χ2v) is 3.89. The molecule has 0 spiro atoms. The van der Waals surface area contributed by atoms with Crippen LogP contribution in [0.15, 0.2) is 28.9 Å². The van der Waals surface area contributed by atoms with Gasteiger partial charge in [0.1, 0.15) is 0 Å². The van der Waals surface area contributed by atoms with Crippen molar-refractivity contribution in [1.29, 1.82) is 0 Å². The minimum Gasteiger partial charge on any atom is -0.493 e. The number of carboxylic acid groups (broad SMARTS) is 1. The number of hydrogen-bond donors (Lipinski definition) is 2. The standard InChI is InChI=1S/C13H12N2O6/c1-19-10-5-7(13(17)18)8(6-11(10)20-2)15-12(16)9-3-4-14-21-9/h3-6H,1-2H3,(H,15,16)(H,17,18). The molecule has 0 bridgehead atoms. The van der Waals surface area contributed by atoms with E-state index in [0.717, 1.165) is 0 Å². The summed E-state index contributed by atoms with van der Waals surface area (Å²) in [6.45, 7) is 0. The Kier molecular flexibility index (Phi) is 4.07. The summed E-state index contributed by atoms with van der Waals surface area (Å²) in [5.41, 5.74) is -0.0814. The molecule has 8 nitrogen and oxygen atoms in total. The average Bonchev–Trinajstić information content (AvgIpc) is 3.00. The van der Waals surface area contributed by atoms with E-state index in [1.54, 1.807) is 0 Å². The van der Waals surface area contributed by atoms with Crippen LogP contribution in [-0.2, 0) is 0 Å². The predicted molar refractivity (Wildman–Crippen MR) is 71.0 cm³/mol. The van der Waals surface area contributed by atoms with Crippen molar-refractivity contribution in [3.8, 4) is 11.5 Å². The van der Waals surface area contributed by atoms with Crippen LogP contribution in [0.2, 0.25) is 0 Å². The van der Waals surface area contributed by atoms with E-state index in [0.29, 0.717) is 0 Å². The Labute approximate surface area is 119 Å². The van der Waals surface area contributed by atoms with Gasteiger partial charge in [-0.15, -0.1) is 0 Å². The number of carbonyl (C=O) groups excluding carboxylic acids is 1. The maximum Gasteiger partial charge on any atom is 0.337 e. The van der Waals surface area contributed by atoms with Crippen molar-refractivity contribution in [1.82, 2.24) is 5.16 Å². The van der Waals surface area contributed by atoms with Gasteiger partial charge in [-0.25, -0.2) is 4.79 Å². The molecular formula is C13H12N2O6. The zero-order valence-corrected chi connectivity index (χ0v) is 11.2. The van der Waals surface area contributed by atoms with E-state index < -0.39 is 11.9 Å². The van der Waals surface area contributed by atoms with Gasteiger partial charge in [0.15, 0.2) is 11.5 Å². The van der Waals surface area contributed by atoms with Crippen LogP contribution < -0.4 is 14.8 Å². The average molecular weight is 292 g/mol. The van der Waals surface area contributed by atoms with Crippen LogP contribution in [0.4, 0.5) is 5.69 Å². The normalized spacial score (nSPS) is 10.0. The number of methoxy groups -OCH3 is 2. The van der Waals surface area contributed by atoms with Gasteiger partial charge in [-0.05, 0) is 0 Å². The van der Waals surface area contributed by atoms with Crippen molar-refractivity contribution in [3.05, 3.63) is 35.7 Å². The summed E-state index contributed by atoms with van der Waals surface area (Å²) < 4.78 is 14.8. The summed E-state index contributed by atoms with van der Waals surface area (Å²) in [7, 11) is 2.79. The molecule has 8 heteroatoms. The van der Waals surface area contributed by atoms with Crippen LogP contribution in [-0.4, -0.2) is 36.4 Å². The fourth-order valence-electron chi connectivity index (χ4n) is 1.68. The number of aromatic nitrogens is 1. The lowest BCUT2D eigenvalue weighted by Crippen LogP contribution is -2.14. The maximum atomic E-state index is 11.9. The van der Waals surface area contributed by atoms with Gasteiger partial charge < -0.3 is 24.4 Å². The summed E-state index contributed by atoms with van der Waals surface area (Å²) >= 11 is 0. The maximum absolute atomic E-state index is 11.9. The fourth-order valence-corrected chi connectivity index (χ4v) is 1.68. The molecule has 2 rings (SSSR count). The Morgan fingerprint density at radius 1 is 1.24 bits per heavy atom. The van der Waals surface area contributed by atoms with Crippen molar-refractivity contribution >= 4 is 17.6 Å². The Balaban J connectivity index is 2.41. The van der Waals surface area contributed by atoms with E-state index in [2.05, 4.69) is 10.5 Å². The number of benzene rings is 1. The summed E-state index contributed by atoms with van der Waals surface area (Å²) in [5.74, 6) is -1.35. The Morgan fingerprint density at radius 3 is 2.43 bits per heavy atom. The Morgan fingerprint density at radius 2 is 1.90 bits per heavy atom. The van der Waals surface area contributed by atoms with Gasteiger partial charge in [-0.2, -0.15) is 0 Å². The molecule has 0 aliphatic carbocycles. The molecule has 1 aromatic carbocycles. The Bertz CT molecular complexity index is 666. The quantitative estimate of drug-likeness (QED) is 0.861. The molecule has 2 aromatic rings. The number of nitrogens with zero attached hydrogens (tertiary/aromatic N) is 1. The monoisotopic (exact) mass is 292 g/mol. The lowest BCUT2D eigenvalue weighted by Gasteiger charge is -2.13. The number of carbonyl (C=O) groups is 2. The third kappa shape index (κ3) is 2.94. The van der Waals surface area contributed by atoms with Gasteiger partial charge in [-0.3, -0.25) is 4.79 Å². The number of amides is 1. The molecular weight excluding hydrogens is 280 g/mol. The van der Waals surface area contributed by atoms with E-state index >= 15 is 0 Å². The van der Waals surface area contributed by atoms with Crippen LogP contribution in [0, 0.1) is 0 Å². The van der Waals surface area contributed by atoms with Gasteiger partial charge in [0.05, 0.1) is 31.7 Å². The van der Waals surface area contributed by atoms with E-state index in [1.807, 2.05) is 0 Å². The summed E-state index contributed by atoms with van der Waals surface area (Å²) in [6.07, 6.45) is 1.31. The van der Waals surface area contributed by atoms with Crippen molar-refractivity contribution in [2.24, 2.45) is 0 Å². The molecule has 1 aromatic heterocycles. The molecule has 1 heterocycles. The summed E-state index contributed by atoms with van der Waals surface area (Å²) in [4.78, 5) is 23.2. The van der Waals surface area contributed by atoms with Crippen LogP contribution in [0.3, 0.4) is 0 Å². The first-order chi connectivity index (χ1) is 10.1. The van der Waals surface area contributed by atoms with Crippen LogP contribution in [0.5, 0.6) is 11.5 Å². The van der Waals surface area contributed by atoms with Gasteiger partial charge in [0.25, 0.3) is 5.91 Å². The molecule has 0 saturated carbocycles. The molecule has 0 unspecified atom stereocenters. The third-order valence-electron chi connectivity index (χ3n) is 2.66. The lowest BCUT2D eigenvalue weighted by molar-refractivity contribution is 0.0697. The highest BCUT2D eigenvalue weighted by atomic mass is 16.5. The number of anilines is 1. The molecule has 0 radical (unpaired) electrons. The summed E-state index contributed by atoms with van der Waals surface area (Å²) in [5, 5.41) is 15.0. The highest BCUT2D eigenvalue weighted by Crippen LogP contribution is 2.33. The summed E-state index contributed by atoms with van der Waals surface area (Å²) in [6, 6.07) is 3.98. The third-order valence-corrected chi connectivity index (χ3v) is 2.66. The van der Waals surface area contributed by atoms with Gasteiger partial charge in [0.2, 0.25) is 5.76 Å².